The lowest BCUT2D eigenvalue weighted by Crippen LogP contribution is -2.47. The molecule has 2 aliphatic rings. The molecule has 0 unspecified atom stereocenters. The van der Waals surface area contributed by atoms with Crippen LogP contribution in [-0.2, 0) is 0 Å². The molecule has 2 N–H and O–H groups in total. The summed E-state index contributed by atoms with van der Waals surface area (Å²) in [6, 6.07) is 14.2. The summed E-state index contributed by atoms with van der Waals surface area (Å²) < 4.78 is 0. The molecule has 2 aromatic rings. The van der Waals surface area contributed by atoms with Crippen LogP contribution in [-0.4, -0.2) is 61.1 Å². The summed E-state index contributed by atoms with van der Waals surface area (Å²) in [5, 5.41) is 11.2. The number of para-hydroxylation sites is 1. The second kappa shape index (κ2) is 7.87. The van der Waals surface area contributed by atoms with Crippen LogP contribution >= 0.6 is 11.6 Å². The normalized spacial score (nSPS) is 16.5. The largest absolute Gasteiger partial charge is 0.400 e. The van der Waals surface area contributed by atoms with Crippen molar-refractivity contribution in [3.8, 4) is 0 Å². The molecule has 1 fully saturated rings. The van der Waals surface area contributed by atoms with Gasteiger partial charge in [-0.1, -0.05) is 23.7 Å². The van der Waals surface area contributed by atoms with Gasteiger partial charge in [-0.05, 0) is 37.4 Å². The van der Waals surface area contributed by atoms with E-state index < -0.39 is 0 Å². The third kappa shape index (κ3) is 3.79. The smallest absolute Gasteiger partial charge is 0.138 e. The predicted octanol–water partition coefficient (Wildman–Crippen LogP) is 3.33. The second-order valence-corrected chi connectivity index (χ2v) is 6.49. The number of hydrogen-bond acceptors (Lipinski definition) is 5. The van der Waals surface area contributed by atoms with Crippen LogP contribution in [0, 0.1) is 0 Å². The van der Waals surface area contributed by atoms with Crippen LogP contribution in [0.3, 0.4) is 0 Å². The lowest BCUT2D eigenvalue weighted by molar-refractivity contribution is 0.216. The number of benzene rings is 2. The first-order chi connectivity index (χ1) is 12.2. The Bertz CT molecular complexity index is 770. The summed E-state index contributed by atoms with van der Waals surface area (Å²) in [5.74, 6) is 1.03. The summed E-state index contributed by atoms with van der Waals surface area (Å²) in [6.45, 7) is 4.08. The summed E-state index contributed by atoms with van der Waals surface area (Å²) >= 11 is 6.18. The number of aliphatic hydroxyl groups excluding tert-OH is 1. The average molecular weight is 359 g/mol. The number of aliphatic hydroxyl groups is 1. The quantitative estimate of drug-likeness (QED) is 0.758. The number of rotatable bonds is 0. The van der Waals surface area contributed by atoms with Crippen molar-refractivity contribution in [2.75, 3.05) is 45.7 Å². The summed E-state index contributed by atoms with van der Waals surface area (Å²) in [5.41, 5.74) is 4.12. The highest BCUT2D eigenvalue weighted by molar-refractivity contribution is 6.31. The van der Waals surface area contributed by atoms with E-state index in [0.717, 1.165) is 61.8 Å². The van der Waals surface area contributed by atoms with Crippen molar-refractivity contribution in [2.45, 2.75) is 0 Å². The molecule has 132 valence electrons. The van der Waals surface area contributed by atoms with Crippen LogP contribution in [0.25, 0.3) is 0 Å². The van der Waals surface area contributed by atoms with Gasteiger partial charge >= 0.3 is 0 Å². The van der Waals surface area contributed by atoms with Gasteiger partial charge in [-0.25, -0.2) is 4.99 Å². The van der Waals surface area contributed by atoms with E-state index in [-0.39, 0.29) is 0 Å². The molecule has 0 atom stereocenters. The third-order valence-corrected chi connectivity index (χ3v) is 4.66. The zero-order valence-electron chi connectivity index (χ0n) is 14.5. The van der Waals surface area contributed by atoms with E-state index in [1.165, 1.54) is 0 Å². The number of anilines is 2. The van der Waals surface area contributed by atoms with Crippen molar-refractivity contribution in [1.29, 1.82) is 0 Å². The minimum Gasteiger partial charge on any atom is -0.400 e. The fraction of sp³-hybridized carbons (Fsp3) is 0.316. The number of aliphatic imine (C=N–C) groups is 1. The van der Waals surface area contributed by atoms with Crippen LogP contribution in [0.4, 0.5) is 17.1 Å². The Labute approximate surface area is 153 Å². The Morgan fingerprint density at radius 2 is 1.72 bits per heavy atom. The van der Waals surface area contributed by atoms with E-state index in [1.807, 2.05) is 24.3 Å². The molecule has 5 nitrogen and oxygen atoms in total. The molecule has 2 aliphatic heterocycles. The number of piperazine rings is 1. The van der Waals surface area contributed by atoms with Gasteiger partial charge in [0.25, 0.3) is 0 Å². The molecule has 0 spiro atoms. The van der Waals surface area contributed by atoms with Gasteiger partial charge in [0.1, 0.15) is 5.84 Å². The lowest BCUT2D eigenvalue weighted by Gasteiger charge is -2.34. The highest BCUT2D eigenvalue weighted by Gasteiger charge is 2.23. The average Bonchev–Trinajstić information content (AvgIpc) is 2.80. The molecule has 25 heavy (non-hydrogen) atoms. The highest BCUT2D eigenvalue weighted by Crippen LogP contribution is 2.36. The van der Waals surface area contributed by atoms with E-state index in [0.29, 0.717) is 5.02 Å². The van der Waals surface area contributed by atoms with Crippen molar-refractivity contribution in [3.63, 3.8) is 0 Å². The van der Waals surface area contributed by atoms with Gasteiger partial charge in [0.2, 0.25) is 0 Å². The standard InChI is InChI=1S/C18H19ClN4.CH4O/c1-22-8-10-23(11-9-22)18-14-4-2-3-5-15(14)20-16-7-6-13(19)12-17(16)21-18;1-2/h2-7,12,20H,8-11H2,1H3;2H,1H3. The Kier molecular flexibility index (Phi) is 5.58. The molecule has 0 amide bonds. The van der Waals surface area contributed by atoms with Crippen molar-refractivity contribution in [2.24, 2.45) is 4.99 Å². The van der Waals surface area contributed by atoms with Crippen LogP contribution in [0.1, 0.15) is 5.56 Å². The monoisotopic (exact) mass is 358 g/mol. The maximum Gasteiger partial charge on any atom is 0.138 e. The number of hydrogen-bond donors (Lipinski definition) is 2. The van der Waals surface area contributed by atoms with Gasteiger partial charge in [-0.15, -0.1) is 0 Å². The lowest BCUT2D eigenvalue weighted by atomic mass is 10.1. The van der Waals surface area contributed by atoms with E-state index >= 15 is 0 Å². The SMILES string of the molecule is CN1CCN(C2=Nc3cc(Cl)ccc3Nc3ccccc32)CC1.CO. The number of fused-ring (bicyclic) bond motifs is 2. The topological polar surface area (TPSA) is 51.1 Å². The first-order valence-corrected chi connectivity index (χ1v) is 8.71. The van der Waals surface area contributed by atoms with E-state index in [4.69, 9.17) is 21.7 Å². The van der Waals surface area contributed by atoms with Crippen molar-refractivity contribution < 1.29 is 5.11 Å². The molecular formula is C19H23ClN4O. The molecule has 0 radical (unpaired) electrons. The number of nitrogens with one attached hydrogen (secondary N) is 1. The van der Waals surface area contributed by atoms with Crippen molar-refractivity contribution >= 4 is 34.5 Å². The Morgan fingerprint density at radius 3 is 2.48 bits per heavy atom. The number of amidine groups is 1. The molecular weight excluding hydrogens is 336 g/mol. The fourth-order valence-corrected chi connectivity index (χ4v) is 3.24. The summed E-state index contributed by atoms with van der Waals surface area (Å²) in [4.78, 5) is 9.69. The number of nitrogens with zero attached hydrogens (tertiary/aromatic N) is 3. The Hall–Kier alpha value is -2.08. The summed E-state index contributed by atoms with van der Waals surface area (Å²) in [6.07, 6.45) is 0. The zero-order valence-corrected chi connectivity index (χ0v) is 15.3. The Morgan fingerprint density at radius 1 is 1.00 bits per heavy atom. The fourth-order valence-electron chi connectivity index (χ4n) is 3.07. The minimum absolute atomic E-state index is 0.706. The maximum atomic E-state index is 7.00. The van der Waals surface area contributed by atoms with Gasteiger partial charge in [0, 0.05) is 49.6 Å². The minimum atomic E-state index is 0.706. The van der Waals surface area contributed by atoms with Gasteiger partial charge in [-0.2, -0.15) is 0 Å². The van der Waals surface area contributed by atoms with Crippen molar-refractivity contribution in [1.82, 2.24) is 9.80 Å². The summed E-state index contributed by atoms with van der Waals surface area (Å²) in [7, 11) is 3.16. The molecule has 0 saturated carbocycles. The van der Waals surface area contributed by atoms with Gasteiger partial charge in [0.15, 0.2) is 0 Å². The predicted molar refractivity (Wildman–Crippen MR) is 105 cm³/mol. The third-order valence-electron chi connectivity index (χ3n) is 4.43. The van der Waals surface area contributed by atoms with Crippen LogP contribution in [0.2, 0.25) is 5.02 Å². The molecule has 2 heterocycles. The maximum absolute atomic E-state index is 7.00. The molecule has 2 aromatic carbocycles. The first kappa shape index (κ1) is 17.7. The first-order valence-electron chi connectivity index (χ1n) is 8.33. The molecule has 4 rings (SSSR count). The molecule has 0 aliphatic carbocycles. The zero-order chi connectivity index (χ0) is 17.8. The van der Waals surface area contributed by atoms with Crippen LogP contribution < -0.4 is 5.32 Å². The van der Waals surface area contributed by atoms with Gasteiger partial charge < -0.3 is 20.2 Å². The van der Waals surface area contributed by atoms with Gasteiger partial charge in [0.05, 0.1) is 11.4 Å². The van der Waals surface area contributed by atoms with Crippen molar-refractivity contribution in [3.05, 3.63) is 53.1 Å². The Balaban J connectivity index is 0.000000880. The van der Waals surface area contributed by atoms with E-state index in [1.54, 1.807) is 0 Å². The van der Waals surface area contributed by atoms with E-state index in [2.05, 4.69) is 40.4 Å². The molecule has 0 aromatic heterocycles. The van der Waals surface area contributed by atoms with Crippen LogP contribution in [0.15, 0.2) is 47.5 Å². The molecule has 1 saturated heterocycles. The molecule has 0 bridgehead atoms. The highest BCUT2D eigenvalue weighted by atomic mass is 35.5. The van der Waals surface area contributed by atoms with Gasteiger partial charge in [-0.3, -0.25) is 0 Å². The molecule has 6 heteroatoms. The number of halogens is 1. The van der Waals surface area contributed by atoms with E-state index in [9.17, 15) is 0 Å². The second-order valence-electron chi connectivity index (χ2n) is 6.06. The van der Waals surface area contributed by atoms with Crippen LogP contribution in [0.5, 0.6) is 0 Å². The number of likely N-dealkylation sites (N-methyl/N-ethyl adjacent to an activating group) is 1.